The molecule has 0 radical (unpaired) electrons. The smallest absolute Gasteiger partial charge is 0.463 e. The van der Waals surface area contributed by atoms with Gasteiger partial charge in [0.25, 0.3) is 0 Å². The van der Waals surface area contributed by atoms with Gasteiger partial charge in [-0.05, 0) is 141 Å². The number of rotatable bonds is 76. The summed E-state index contributed by atoms with van der Waals surface area (Å²) in [6.45, 7) is 2.36. The van der Waals surface area contributed by atoms with E-state index in [1.54, 1.807) is 0 Å². The van der Waals surface area contributed by atoms with Gasteiger partial charge in [-0.15, -0.1) is 0 Å². The number of aliphatic hydroxyl groups is 2. The number of unbranched alkanes of at least 4 members (excludes halogenated alkanes) is 27. The Morgan fingerprint density at radius 3 is 0.800 bits per heavy atom. The summed E-state index contributed by atoms with van der Waals surface area (Å²) in [7, 11) is -9.80. The fourth-order valence-corrected chi connectivity index (χ4v) is 12.2. The van der Waals surface area contributed by atoms with Gasteiger partial charge >= 0.3 is 33.6 Å². The zero-order valence-corrected chi connectivity index (χ0v) is 67.4. The van der Waals surface area contributed by atoms with Crippen molar-refractivity contribution in [3.05, 3.63) is 158 Å². The predicted molar refractivity (Wildman–Crippen MR) is 435 cm³/mol. The Balaban J connectivity index is 4.45. The SMILES string of the molecule is CC/C=C\C/C=C\C/C=C\C/C=C\C/C=C\C/C=C\CCCCCCCCCCCCCCCCC(=O)OCC(O)COP(=O)(O)OCC(O)COP(=O)(O)OCC(COC(=O)CCCCCCCCC/C=C\C/C=C\C/C=C\C/C=C\C/C=C\CC)OC(=O)CCCCCCC/C=C\C/C=C\CCC. The highest BCUT2D eigenvalue weighted by Crippen LogP contribution is 2.45. The van der Waals surface area contributed by atoms with Crippen molar-refractivity contribution in [3.8, 4) is 0 Å². The molecule has 0 amide bonds. The lowest BCUT2D eigenvalue weighted by Crippen LogP contribution is -2.30. The summed E-state index contributed by atoms with van der Waals surface area (Å²) >= 11 is 0. The number of carbonyl (C=O) groups is 3. The van der Waals surface area contributed by atoms with Crippen molar-refractivity contribution < 1.29 is 75.8 Å². The second-order valence-electron chi connectivity index (χ2n) is 26.8. The molecule has 0 aliphatic rings. The topological polar surface area (TPSA) is 231 Å². The van der Waals surface area contributed by atoms with E-state index in [0.29, 0.717) is 19.3 Å². The van der Waals surface area contributed by atoms with E-state index >= 15 is 0 Å². The number of carbonyl (C=O) groups excluding carboxylic acids is 3. The predicted octanol–water partition coefficient (Wildman–Crippen LogP) is 24.2. The Labute approximate surface area is 638 Å². The Morgan fingerprint density at radius 2 is 0.505 bits per heavy atom. The van der Waals surface area contributed by atoms with Crippen molar-refractivity contribution in [2.75, 3.05) is 39.6 Å². The van der Waals surface area contributed by atoms with Crippen LogP contribution in [-0.2, 0) is 55.8 Å². The first-order chi connectivity index (χ1) is 51.2. The number of esters is 3. The van der Waals surface area contributed by atoms with Crippen molar-refractivity contribution in [1.82, 2.24) is 0 Å². The molecule has 5 unspecified atom stereocenters. The number of aliphatic hydroxyl groups excluding tert-OH is 2. The van der Waals surface area contributed by atoms with E-state index in [-0.39, 0.29) is 19.3 Å². The van der Waals surface area contributed by atoms with Crippen LogP contribution in [0.3, 0.4) is 0 Å². The summed E-state index contributed by atoms with van der Waals surface area (Å²) in [5.74, 6) is -1.61. The molecule has 4 N–H and O–H groups in total. The van der Waals surface area contributed by atoms with Gasteiger partial charge in [-0.25, -0.2) is 9.13 Å². The second-order valence-corrected chi connectivity index (χ2v) is 29.7. The zero-order valence-electron chi connectivity index (χ0n) is 65.6. The molecule has 0 aliphatic heterocycles. The van der Waals surface area contributed by atoms with Crippen LogP contribution in [0.25, 0.3) is 0 Å². The Bertz CT molecular complexity index is 2540. The monoisotopic (exact) mass is 1510 g/mol. The quantitative estimate of drug-likeness (QED) is 0.0146. The summed E-state index contributed by atoms with van der Waals surface area (Å²) < 4.78 is 61.1. The lowest BCUT2D eigenvalue weighted by atomic mass is 10.0. The van der Waals surface area contributed by atoms with E-state index in [4.69, 9.17) is 32.3 Å². The Kier molecular flexibility index (Phi) is 75.1. The van der Waals surface area contributed by atoms with Gasteiger partial charge in [0, 0.05) is 19.3 Å². The van der Waals surface area contributed by atoms with Gasteiger partial charge in [0.2, 0.25) is 0 Å². The summed E-state index contributed by atoms with van der Waals surface area (Å²) in [5, 5.41) is 20.6. The van der Waals surface area contributed by atoms with Crippen LogP contribution >= 0.6 is 15.6 Å². The highest BCUT2D eigenvalue weighted by atomic mass is 31.2. The molecular formula is C87H146O16P2. The molecule has 0 rings (SSSR count). The van der Waals surface area contributed by atoms with Crippen molar-refractivity contribution >= 4 is 33.6 Å². The number of hydrogen-bond acceptors (Lipinski definition) is 14. The van der Waals surface area contributed by atoms with Gasteiger partial charge in [0.05, 0.1) is 26.4 Å². The van der Waals surface area contributed by atoms with Crippen LogP contribution in [0.1, 0.15) is 316 Å². The van der Waals surface area contributed by atoms with Gasteiger partial charge in [0.1, 0.15) is 25.4 Å². The van der Waals surface area contributed by atoms with Gasteiger partial charge < -0.3 is 34.2 Å². The molecule has 0 saturated heterocycles. The summed E-state index contributed by atoms with van der Waals surface area (Å²) in [4.78, 5) is 58.6. The van der Waals surface area contributed by atoms with Gasteiger partial charge in [-0.2, -0.15) is 0 Å². The summed E-state index contributed by atoms with van der Waals surface area (Å²) in [5.41, 5.74) is 0. The van der Waals surface area contributed by atoms with Crippen LogP contribution < -0.4 is 0 Å². The van der Waals surface area contributed by atoms with Crippen LogP contribution in [0, 0.1) is 0 Å². The van der Waals surface area contributed by atoms with Crippen molar-refractivity contribution in [2.24, 2.45) is 0 Å². The van der Waals surface area contributed by atoms with E-state index in [9.17, 15) is 43.5 Å². The van der Waals surface area contributed by atoms with Crippen LogP contribution in [0.15, 0.2) is 158 Å². The molecule has 0 saturated carbocycles. The van der Waals surface area contributed by atoms with Crippen LogP contribution in [0.2, 0.25) is 0 Å². The minimum atomic E-state index is -4.94. The number of ether oxygens (including phenoxy) is 3. The third kappa shape index (κ3) is 80.0. The maximum absolute atomic E-state index is 12.9. The normalized spacial score (nSPS) is 14.8. The minimum Gasteiger partial charge on any atom is -0.463 e. The van der Waals surface area contributed by atoms with E-state index in [0.717, 1.165) is 193 Å². The minimum absolute atomic E-state index is 0.0821. The third-order valence-electron chi connectivity index (χ3n) is 16.7. The molecule has 0 aromatic heterocycles. The third-order valence-corrected chi connectivity index (χ3v) is 18.6. The number of phosphoric ester groups is 2. The van der Waals surface area contributed by atoms with Crippen molar-refractivity contribution in [3.63, 3.8) is 0 Å². The van der Waals surface area contributed by atoms with Crippen LogP contribution in [0.4, 0.5) is 0 Å². The second kappa shape index (κ2) is 78.7. The first-order valence-electron chi connectivity index (χ1n) is 40.8. The lowest BCUT2D eigenvalue weighted by Gasteiger charge is -2.21. The van der Waals surface area contributed by atoms with Crippen molar-refractivity contribution in [2.45, 2.75) is 334 Å². The van der Waals surface area contributed by atoms with E-state index < -0.39 is 91.5 Å². The molecule has 0 fully saturated rings. The first kappa shape index (κ1) is 100. The fraction of sp³-hybridized carbons (Fsp3) is 0.667. The molecule has 0 aromatic carbocycles. The van der Waals surface area contributed by atoms with E-state index in [1.165, 1.54) is 64.2 Å². The molecule has 5 atom stereocenters. The number of phosphoric acid groups is 2. The molecule has 18 heteroatoms. The highest BCUT2D eigenvalue weighted by molar-refractivity contribution is 7.47. The highest BCUT2D eigenvalue weighted by Gasteiger charge is 2.29. The Morgan fingerprint density at radius 1 is 0.276 bits per heavy atom. The number of hydrogen-bond donors (Lipinski definition) is 4. The van der Waals surface area contributed by atoms with Crippen molar-refractivity contribution in [1.29, 1.82) is 0 Å². The lowest BCUT2D eigenvalue weighted by molar-refractivity contribution is -0.161. The van der Waals surface area contributed by atoms with E-state index in [2.05, 4.69) is 179 Å². The van der Waals surface area contributed by atoms with Gasteiger partial charge in [-0.1, -0.05) is 314 Å². The molecule has 16 nitrogen and oxygen atoms in total. The number of allylic oxidation sites excluding steroid dienone is 26. The molecule has 0 heterocycles. The molecular weight excluding hydrogens is 1360 g/mol. The zero-order chi connectivity index (χ0) is 76.6. The average molecular weight is 1510 g/mol. The summed E-state index contributed by atoms with van der Waals surface area (Å²) in [6.07, 6.45) is 98.7. The molecule has 0 aromatic rings. The molecule has 600 valence electrons. The Hall–Kier alpha value is -4.83. The van der Waals surface area contributed by atoms with Crippen LogP contribution in [0.5, 0.6) is 0 Å². The molecule has 0 bridgehead atoms. The van der Waals surface area contributed by atoms with Gasteiger partial charge in [-0.3, -0.25) is 32.5 Å². The standard InChI is InChI=1S/C87H146O16P2/c1-4-7-10-13-16-19-22-25-27-29-31-33-35-36-37-38-39-40-41-42-43-44-46-48-49-51-53-56-58-61-64-67-70-73-85(90)97-76-82(88)77-99-104(93,94)100-78-83(89)79-101-105(95,96)102-81-84(103-87(92)75-72-69-66-63-60-55-24-21-18-15-12-9-6-3)80-98-86(91)74-71-68-65-62-59-57-54-52-50-47-45-34-32-30-28-26-23-20-17-14-11-8-5-2/h7-8,10-12,15-17,19-21,24-28,31-34,36-37,39-40,47,50,82-84,88-89H,4-6,9,13-14,18,22-23,29-30,35,38,41-46,48-49,51-81H2,1-3H3,(H,93,94)(H,95,96)/b10-7-,11-8-,15-12-,19-16-,20-17-,24-21-,27-25-,28-26-,33-31-,34-32-,37-36-,40-39-,50-47-. The van der Waals surface area contributed by atoms with Crippen LogP contribution in [-0.4, -0.2) is 95.9 Å². The average Bonchev–Trinajstić information content (AvgIpc) is 1.00. The largest absolute Gasteiger partial charge is 0.472 e. The molecule has 0 spiro atoms. The fourth-order valence-electron chi connectivity index (χ4n) is 10.6. The molecule has 105 heavy (non-hydrogen) atoms. The maximum atomic E-state index is 12.9. The maximum Gasteiger partial charge on any atom is 0.472 e. The van der Waals surface area contributed by atoms with E-state index in [1.807, 2.05) is 0 Å². The first-order valence-corrected chi connectivity index (χ1v) is 43.8. The van der Waals surface area contributed by atoms with Gasteiger partial charge in [0.15, 0.2) is 6.10 Å². The molecule has 0 aliphatic carbocycles. The summed E-state index contributed by atoms with van der Waals surface area (Å²) in [6, 6.07) is 0.